The lowest BCUT2D eigenvalue weighted by Gasteiger charge is -2.23. The first-order valence-electron chi connectivity index (χ1n) is 9.71. The molecule has 1 aliphatic rings. The third-order valence-electron chi connectivity index (χ3n) is 4.66. The predicted molar refractivity (Wildman–Crippen MR) is 115 cm³/mol. The molecule has 1 saturated heterocycles. The van der Waals surface area contributed by atoms with E-state index in [0.717, 1.165) is 18.8 Å². The molecule has 0 spiro atoms. The highest BCUT2D eigenvalue weighted by Crippen LogP contribution is 2.18. The monoisotopic (exact) mass is 432 g/mol. The van der Waals surface area contributed by atoms with Gasteiger partial charge in [-0.2, -0.15) is 0 Å². The van der Waals surface area contributed by atoms with Gasteiger partial charge in [0.2, 0.25) is 5.91 Å². The first kappa shape index (κ1) is 21.9. The minimum absolute atomic E-state index is 0.00573. The van der Waals surface area contributed by atoms with Crippen LogP contribution in [0.15, 0.2) is 42.6 Å². The van der Waals surface area contributed by atoms with Gasteiger partial charge < -0.3 is 24.6 Å². The number of amides is 2. The highest BCUT2D eigenvalue weighted by Gasteiger charge is 2.19. The second kappa shape index (κ2) is 10.8. The summed E-state index contributed by atoms with van der Waals surface area (Å²) >= 11 is 5.83. The van der Waals surface area contributed by atoms with Crippen LogP contribution in [-0.2, 0) is 14.3 Å². The number of ether oxygens (including phenoxy) is 2. The van der Waals surface area contributed by atoms with Gasteiger partial charge in [-0.05, 0) is 42.8 Å². The minimum Gasteiger partial charge on any atom is -0.484 e. The third kappa shape index (κ3) is 6.33. The van der Waals surface area contributed by atoms with Crippen molar-refractivity contribution in [2.24, 2.45) is 0 Å². The number of methoxy groups -OCH3 is 1. The van der Waals surface area contributed by atoms with Crippen molar-refractivity contribution >= 4 is 34.9 Å². The van der Waals surface area contributed by atoms with Crippen LogP contribution in [0.5, 0.6) is 5.75 Å². The van der Waals surface area contributed by atoms with Crippen LogP contribution in [0.3, 0.4) is 0 Å². The van der Waals surface area contributed by atoms with Crippen molar-refractivity contribution in [3.63, 3.8) is 0 Å². The highest BCUT2D eigenvalue weighted by atomic mass is 35.5. The molecule has 0 saturated carbocycles. The maximum absolute atomic E-state index is 12.1. The van der Waals surface area contributed by atoms with Gasteiger partial charge in [0.15, 0.2) is 6.61 Å². The van der Waals surface area contributed by atoms with Crippen molar-refractivity contribution in [1.82, 2.24) is 9.88 Å². The smallest absolute Gasteiger partial charge is 0.262 e. The number of benzene rings is 1. The Hall–Kier alpha value is -2.84. The molecule has 30 heavy (non-hydrogen) atoms. The molecule has 0 atom stereocenters. The number of halogens is 1. The van der Waals surface area contributed by atoms with E-state index in [-0.39, 0.29) is 25.0 Å². The number of carbonyl (C=O) groups is 2. The highest BCUT2D eigenvalue weighted by molar-refractivity contribution is 6.30. The molecule has 3 rings (SSSR count). The second-order valence-corrected chi connectivity index (χ2v) is 7.29. The number of hydrogen-bond donors (Lipinski definition) is 1. The Morgan fingerprint density at radius 2 is 1.87 bits per heavy atom. The molecule has 1 fully saturated rings. The predicted octanol–water partition coefficient (Wildman–Crippen LogP) is 2.44. The van der Waals surface area contributed by atoms with Gasteiger partial charge in [-0.15, -0.1) is 0 Å². The molecule has 2 heterocycles. The topological polar surface area (TPSA) is 84.0 Å². The van der Waals surface area contributed by atoms with E-state index < -0.39 is 0 Å². The van der Waals surface area contributed by atoms with Crippen LogP contribution < -0.4 is 15.0 Å². The van der Waals surface area contributed by atoms with Gasteiger partial charge in [0.25, 0.3) is 5.91 Å². The Kier molecular flexibility index (Phi) is 7.87. The van der Waals surface area contributed by atoms with Crippen LogP contribution in [0, 0.1) is 0 Å². The summed E-state index contributed by atoms with van der Waals surface area (Å²) in [5.74, 6) is 1.11. The van der Waals surface area contributed by atoms with E-state index in [4.69, 9.17) is 21.1 Å². The SMILES string of the molecule is COCC(=O)N1CCCN(c2ccc(NC(=O)COc3ccc(Cl)cc3)cn2)CC1. The number of nitrogens with zero attached hydrogens (tertiary/aromatic N) is 3. The average Bonchev–Trinajstić information content (AvgIpc) is 3.00. The normalized spacial score (nSPS) is 14.2. The molecule has 0 aliphatic carbocycles. The fourth-order valence-electron chi connectivity index (χ4n) is 3.13. The molecule has 1 aromatic carbocycles. The summed E-state index contributed by atoms with van der Waals surface area (Å²) in [6, 6.07) is 10.5. The molecule has 9 heteroatoms. The second-order valence-electron chi connectivity index (χ2n) is 6.85. The van der Waals surface area contributed by atoms with E-state index in [1.165, 1.54) is 7.11 Å². The van der Waals surface area contributed by atoms with Gasteiger partial charge in [-0.25, -0.2) is 4.98 Å². The summed E-state index contributed by atoms with van der Waals surface area (Å²) < 4.78 is 10.4. The molecule has 1 N–H and O–H groups in total. The molecule has 0 radical (unpaired) electrons. The van der Waals surface area contributed by atoms with Gasteiger partial charge in [0.05, 0.1) is 11.9 Å². The molecule has 0 unspecified atom stereocenters. The molecule has 1 aliphatic heterocycles. The minimum atomic E-state index is -0.276. The van der Waals surface area contributed by atoms with E-state index in [2.05, 4.69) is 15.2 Å². The molecule has 0 bridgehead atoms. The summed E-state index contributed by atoms with van der Waals surface area (Å²) in [6.07, 6.45) is 2.48. The lowest BCUT2D eigenvalue weighted by molar-refractivity contribution is -0.134. The third-order valence-corrected chi connectivity index (χ3v) is 4.91. The quantitative estimate of drug-likeness (QED) is 0.723. The maximum Gasteiger partial charge on any atom is 0.262 e. The van der Waals surface area contributed by atoms with E-state index in [1.807, 2.05) is 11.0 Å². The number of carbonyl (C=O) groups excluding carboxylic acids is 2. The van der Waals surface area contributed by atoms with Gasteiger partial charge in [-0.3, -0.25) is 9.59 Å². The number of aromatic nitrogens is 1. The van der Waals surface area contributed by atoms with Gasteiger partial charge in [-0.1, -0.05) is 11.6 Å². The Morgan fingerprint density at radius 3 is 2.57 bits per heavy atom. The lowest BCUT2D eigenvalue weighted by atomic mass is 10.3. The van der Waals surface area contributed by atoms with Crippen molar-refractivity contribution in [1.29, 1.82) is 0 Å². The molecule has 160 valence electrons. The number of hydrogen-bond acceptors (Lipinski definition) is 6. The van der Waals surface area contributed by atoms with Gasteiger partial charge >= 0.3 is 0 Å². The molecule has 1 aromatic heterocycles. The first-order chi connectivity index (χ1) is 14.5. The van der Waals surface area contributed by atoms with Gasteiger partial charge in [0.1, 0.15) is 18.2 Å². The van der Waals surface area contributed by atoms with Crippen molar-refractivity contribution in [2.75, 3.05) is 56.7 Å². The van der Waals surface area contributed by atoms with Crippen LogP contribution in [-0.4, -0.2) is 68.2 Å². The van der Waals surface area contributed by atoms with Crippen LogP contribution in [0.1, 0.15) is 6.42 Å². The molecular weight excluding hydrogens is 408 g/mol. The Balaban J connectivity index is 1.48. The summed E-state index contributed by atoms with van der Waals surface area (Å²) in [7, 11) is 1.52. The largest absolute Gasteiger partial charge is 0.484 e. The van der Waals surface area contributed by atoms with Crippen molar-refractivity contribution in [2.45, 2.75) is 6.42 Å². The van der Waals surface area contributed by atoms with Crippen molar-refractivity contribution < 1.29 is 19.1 Å². The number of rotatable bonds is 7. The fourth-order valence-corrected chi connectivity index (χ4v) is 3.26. The van der Waals surface area contributed by atoms with Gasteiger partial charge in [0, 0.05) is 38.3 Å². The van der Waals surface area contributed by atoms with Crippen molar-refractivity contribution in [3.05, 3.63) is 47.6 Å². The van der Waals surface area contributed by atoms with Crippen LogP contribution >= 0.6 is 11.6 Å². The maximum atomic E-state index is 12.1. The number of anilines is 2. The number of nitrogens with one attached hydrogen (secondary N) is 1. The van der Waals surface area contributed by atoms with Crippen LogP contribution in [0.25, 0.3) is 0 Å². The standard InChI is InChI=1S/C21H25ClN4O4/c1-29-15-21(28)26-10-2-9-25(11-12-26)19-8-5-17(13-23-19)24-20(27)14-30-18-6-3-16(22)4-7-18/h3-8,13H,2,9-12,14-15H2,1H3,(H,24,27). The van der Waals surface area contributed by atoms with Crippen LogP contribution in [0.4, 0.5) is 11.5 Å². The Labute approximate surface area is 180 Å². The number of pyridine rings is 1. The summed E-state index contributed by atoms with van der Waals surface area (Å²) in [4.78, 5) is 32.5. The zero-order chi connectivity index (χ0) is 21.3. The van der Waals surface area contributed by atoms with E-state index in [9.17, 15) is 9.59 Å². The van der Waals surface area contributed by atoms with E-state index in [0.29, 0.717) is 36.1 Å². The molecular formula is C21H25ClN4O4. The molecule has 2 amide bonds. The fraction of sp³-hybridized carbons (Fsp3) is 0.381. The van der Waals surface area contributed by atoms with E-state index in [1.54, 1.807) is 36.5 Å². The zero-order valence-electron chi connectivity index (χ0n) is 16.8. The Bertz CT molecular complexity index is 845. The zero-order valence-corrected chi connectivity index (χ0v) is 17.6. The molecule has 8 nitrogen and oxygen atoms in total. The average molecular weight is 433 g/mol. The molecule has 2 aromatic rings. The first-order valence-corrected chi connectivity index (χ1v) is 10.1. The summed E-state index contributed by atoms with van der Waals surface area (Å²) in [6.45, 7) is 2.84. The summed E-state index contributed by atoms with van der Waals surface area (Å²) in [5.41, 5.74) is 0.593. The summed E-state index contributed by atoms with van der Waals surface area (Å²) in [5, 5.41) is 3.37. The lowest BCUT2D eigenvalue weighted by Crippen LogP contribution is -2.37. The van der Waals surface area contributed by atoms with Crippen molar-refractivity contribution in [3.8, 4) is 5.75 Å². The van der Waals surface area contributed by atoms with Crippen LogP contribution in [0.2, 0.25) is 5.02 Å². The Morgan fingerprint density at radius 1 is 1.07 bits per heavy atom. The van der Waals surface area contributed by atoms with E-state index >= 15 is 0 Å².